The summed E-state index contributed by atoms with van der Waals surface area (Å²) in [5, 5.41) is 5.78. The Kier molecular flexibility index (Phi) is 9.76. The Balaban J connectivity index is 1.37. The van der Waals surface area contributed by atoms with Crippen molar-refractivity contribution in [3.8, 4) is 11.1 Å². The second-order valence-corrected chi connectivity index (χ2v) is 11.3. The number of nitrogens with zero attached hydrogens (tertiary/aromatic N) is 1. The van der Waals surface area contributed by atoms with Gasteiger partial charge in [-0.15, -0.1) is 0 Å². The van der Waals surface area contributed by atoms with Crippen LogP contribution >= 0.6 is 0 Å². The number of nitrogens with one attached hydrogen (secondary N) is 2. The van der Waals surface area contributed by atoms with Gasteiger partial charge < -0.3 is 15.5 Å². The molecule has 0 bridgehead atoms. The summed E-state index contributed by atoms with van der Waals surface area (Å²) in [6.07, 6.45) is 7.97. The molecule has 5 nitrogen and oxygen atoms in total. The van der Waals surface area contributed by atoms with E-state index in [4.69, 9.17) is 0 Å². The molecule has 1 aliphatic carbocycles. The number of carbonyl (C=O) groups is 2. The highest BCUT2D eigenvalue weighted by Crippen LogP contribution is 2.51. The zero-order valence-corrected chi connectivity index (χ0v) is 23.4. The lowest BCUT2D eigenvalue weighted by Crippen LogP contribution is -2.47. The van der Waals surface area contributed by atoms with Gasteiger partial charge in [0.2, 0.25) is 11.8 Å². The fourth-order valence-corrected chi connectivity index (χ4v) is 6.20. The van der Waals surface area contributed by atoms with Gasteiger partial charge in [0.25, 0.3) is 5.92 Å². The Morgan fingerprint density at radius 2 is 1.56 bits per heavy atom. The molecule has 1 saturated heterocycles. The summed E-state index contributed by atoms with van der Waals surface area (Å²) in [7, 11) is 0. The fraction of sp³-hybridized carbons (Fsp3) is 0.562. The predicted octanol–water partition coefficient (Wildman–Crippen LogP) is 6.06. The number of likely N-dealkylation sites (tertiary alicyclic amines) is 1. The Labute approximate surface area is 231 Å². The number of alkyl halides is 2. The topological polar surface area (TPSA) is 61.4 Å². The molecule has 0 spiro atoms. The fourth-order valence-electron chi connectivity index (χ4n) is 6.20. The number of benzene rings is 2. The molecule has 0 atom stereocenters. The monoisotopic (exact) mass is 539 g/mol. The Bertz CT molecular complexity index is 1080. The third kappa shape index (κ3) is 7.05. The van der Waals surface area contributed by atoms with Crippen LogP contribution in [0.15, 0.2) is 48.5 Å². The van der Waals surface area contributed by atoms with Crippen molar-refractivity contribution in [3.63, 3.8) is 0 Å². The minimum atomic E-state index is -2.98. The van der Waals surface area contributed by atoms with Crippen LogP contribution in [-0.4, -0.2) is 54.9 Å². The van der Waals surface area contributed by atoms with Crippen LogP contribution in [0.4, 0.5) is 8.78 Å². The third-order valence-corrected chi connectivity index (χ3v) is 8.25. The molecule has 4 rings (SSSR count). The van der Waals surface area contributed by atoms with E-state index in [9.17, 15) is 18.4 Å². The molecule has 0 saturated carbocycles. The number of rotatable bonds is 13. The van der Waals surface area contributed by atoms with E-state index in [1.54, 1.807) is 0 Å². The quantitative estimate of drug-likeness (QED) is 0.305. The first kappa shape index (κ1) is 29.2. The van der Waals surface area contributed by atoms with Crippen molar-refractivity contribution in [1.29, 1.82) is 0 Å². The van der Waals surface area contributed by atoms with Crippen LogP contribution in [0.2, 0.25) is 0 Å². The summed E-state index contributed by atoms with van der Waals surface area (Å²) in [6.45, 7) is 5.11. The highest BCUT2D eigenvalue weighted by atomic mass is 19.3. The van der Waals surface area contributed by atoms with E-state index >= 15 is 0 Å². The van der Waals surface area contributed by atoms with Gasteiger partial charge in [0.15, 0.2) is 0 Å². The van der Waals surface area contributed by atoms with Crippen molar-refractivity contribution in [1.82, 2.24) is 15.5 Å². The van der Waals surface area contributed by atoms with Crippen molar-refractivity contribution >= 4 is 11.8 Å². The highest BCUT2D eigenvalue weighted by Gasteiger charge is 2.48. The van der Waals surface area contributed by atoms with Gasteiger partial charge in [0.1, 0.15) is 5.41 Å². The van der Waals surface area contributed by atoms with Crippen LogP contribution < -0.4 is 10.6 Å². The number of carbonyl (C=O) groups excluding carboxylic acids is 2. The number of unbranched alkanes of at least 4 members (excludes halogenated alkanes) is 3. The van der Waals surface area contributed by atoms with E-state index in [-0.39, 0.29) is 17.9 Å². The smallest absolute Gasteiger partial charge is 0.262 e. The average Bonchev–Trinajstić information content (AvgIpc) is 3.21. The second kappa shape index (κ2) is 13.0. The molecule has 2 amide bonds. The first-order valence-electron chi connectivity index (χ1n) is 14.6. The number of halogens is 2. The molecular formula is C32H43F2N3O2. The molecule has 1 heterocycles. The minimum Gasteiger partial charge on any atom is -0.353 e. The molecule has 0 aromatic heterocycles. The second-order valence-electron chi connectivity index (χ2n) is 11.3. The maximum absolute atomic E-state index is 13.8. The first-order chi connectivity index (χ1) is 18.7. The molecule has 2 N–H and O–H groups in total. The molecule has 39 heavy (non-hydrogen) atoms. The molecule has 2 aromatic rings. The van der Waals surface area contributed by atoms with Gasteiger partial charge in [0, 0.05) is 32.5 Å². The van der Waals surface area contributed by atoms with Crippen LogP contribution in [0.5, 0.6) is 0 Å². The molecule has 212 valence electrons. The summed E-state index contributed by atoms with van der Waals surface area (Å²) in [5.41, 5.74) is 2.83. The van der Waals surface area contributed by atoms with Crippen LogP contribution in [0.25, 0.3) is 11.1 Å². The molecule has 0 unspecified atom stereocenters. The van der Waals surface area contributed by atoms with Gasteiger partial charge >= 0.3 is 0 Å². The number of hydrogen-bond acceptors (Lipinski definition) is 3. The molecule has 7 heteroatoms. The molecule has 2 aliphatic rings. The normalized spacial score (nSPS) is 16.9. The number of fused-ring (bicyclic) bond motifs is 3. The van der Waals surface area contributed by atoms with Gasteiger partial charge in [-0.3, -0.25) is 9.59 Å². The first-order valence-corrected chi connectivity index (χ1v) is 14.6. The van der Waals surface area contributed by atoms with E-state index in [2.05, 4.69) is 22.5 Å². The van der Waals surface area contributed by atoms with Gasteiger partial charge in [0.05, 0.1) is 6.54 Å². The lowest BCUT2D eigenvalue weighted by molar-refractivity contribution is -0.127. The average molecular weight is 540 g/mol. The summed E-state index contributed by atoms with van der Waals surface area (Å²) < 4.78 is 27.4. The van der Waals surface area contributed by atoms with E-state index < -0.39 is 17.9 Å². The summed E-state index contributed by atoms with van der Waals surface area (Å²) in [4.78, 5) is 28.4. The Morgan fingerprint density at radius 3 is 2.15 bits per heavy atom. The predicted molar refractivity (Wildman–Crippen MR) is 152 cm³/mol. The summed E-state index contributed by atoms with van der Waals surface area (Å²) >= 11 is 0. The molecule has 2 aromatic carbocycles. The molecular weight excluding hydrogens is 496 g/mol. The van der Waals surface area contributed by atoms with E-state index in [1.807, 2.05) is 48.5 Å². The third-order valence-electron chi connectivity index (χ3n) is 8.25. The van der Waals surface area contributed by atoms with Gasteiger partial charge in [-0.1, -0.05) is 74.7 Å². The van der Waals surface area contributed by atoms with Crippen LogP contribution in [0.1, 0.15) is 82.8 Å². The Morgan fingerprint density at radius 1 is 0.949 bits per heavy atom. The maximum Gasteiger partial charge on any atom is 0.262 e. The maximum atomic E-state index is 13.8. The standard InChI is InChI=1S/C32H43F2N3O2/c1-3-4-5-16-29(38)36-24-17-21-37(22-18-24)20-11-10-19-32(30(39)35-23-31(2,33)34)27-14-8-6-12-25(27)26-13-7-9-15-28(26)32/h6-9,12-15,24H,3-5,10-11,16-23H2,1-2H3,(H,35,39)(H,36,38). The lowest BCUT2D eigenvalue weighted by Gasteiger charge is -2.33. The van der Waals surface area contributed by atoms with Crippen molar-refractivity contribution in [2.24, 2.45) is 0 Å². The number of hydrogen-bond donors (Lipinski definition) is 2. The van der Waals surface area contributed by atoms with Crippen LogP contribution in [0.3, 0.4) is 0 Å². The number of piperidine rings is 1. The lowest BCUT2D eigenvalue weighted by atomic mass is 9.73. The molecule has 1 fully saturated rings. The van der Waals surface area contributed by atoms with E-state index in [0.717, 1.165) is 93.8 Å². The van der Waals surface area contributed by atoms with Crippen LogP contribution in [-0.2, 0) is 15.0 Å². The minimum absolute atomic E-state index is 0.170. The van der Waals surface area contributed by atoms with Gasteiger partial charge in [-0.25, -0.2) is 8.78 Å². The summed E-state index contributed by atoms with van der Waals surface area (Å²) in [5.74, 6) is -3.16. The SMILES string of the molecule is CCCCCC(=O)NC1CCN(CCCCC2(C(=O)NCC(C)(F)F)c3ccccc3-c3ccccc32)CC1. The molecule has 0 radical (unpaired) electrons. The van der Waals surface area contributed by atoms with Crippen molar-refractivity contribution in [2.45, 2.75) is 89.0 Å². The number of amides is 2. The Hall–Kier alpha value is -2.80. The van der Waals surface area contributed by atoms with Crippen molar-refractivity contribution in [3.05, 3.63) is 59.7 Å². The van der Waals surface area contributed by atoms with Crippen molar-refractivity contribution < 1.29 is 18.4 Å². The van der Waals surface area contributed by atoms with Gasteiger partial charge in [-0.2, -0.15) is 0 Å². The highest BCUT2D eigenvalue weighted by molar-refractivity contribution is 6.00. The zero-order chi connectivity index (χ0) is 27.9. The van der Waals surface area contributed by atoms with Gasteiger partial charge in [-0.05, 0) is 60.9 Å². The summed E-state index contributed by atoms with van der Waals surface area (Å²) in [6, 6.07) is 16.0. The molecule has 1 aliphatic heterocycles. The van der Waals surface area contributed by atoms with E-state index in [1.165, 1.54) is 0 Å². The van der Waals surface area contributed by atoms with Crippen LogP contribution in [0, 0.1) is 0 Å². The van der Waals surface area contributed by atoms with Crippen molar-refractivity contribution in [2.75, 3.05) is 26.2 Å². The van der Waals surface area contributed by atoms with E-state index in [0.29, 0.717) is 12.8 Å². The largest absolute Gasteiger partial charge is 0.353 e. The zero-order valence-electron chi connectivity index (χ0n) is 23.4.